The SMILES string of the molecule is O=C(c1ccc(Cl)cc1)c1sc2cc(O)ccc2c1Oc1ccc(CCCN2CC(CF)C2)cc1. The molecule has 0 aliphatic carbocycles. The van der Waals surface area contributed by atoms with E-state index in [2.05, 4.69) is 4.90 Å². The molecule has 0 saturated carbocycles. The van der Waals surface area contributed by atoms with Crippen molar-refractivity contribution in [3.8, 4) is 17.2 Å². The molecule has 1 fully saturated rings. The zero-order valence-corrected chi connectivity index (χ0v) is 20.6. The topological polar surface area (TPSA) is 49.8 Å². The average Bonchev–Trinajstić information content (AvgIpc) is 3.18. The molecule has 5 rings (SSSR count). The van der Waals surface area contributed by atoms with Crippen molar-refractivity contribution in [1.29, 1.82) is 0 Å². The third kappa shape index (κ3) is 5.35. The van der Waals surface area contributed by atoms with E-state index < -0.39 is 0 Å². The van der Waals surface area contributed by atoms with E-state index in [0.29, 0.717) is 27.0 Å². The number of likely N-dealkylation sites (tertiary alicyclic amines) is 1. The van der Waals surface area contributed by atoms with Crippen molar-refractivity contribution in [2.45, 2.75) is 12.8 Å². The number of halogens is 2. The Hall–Kier alpha value is -2.93. The van der Waals surface area contributed by atoms with Gasteiger partial charge in [0, 0.05) is 39.7 Å². The first kappa shape index (κ1) is 23.8. The second-order valence-electron chi connectivity index (χ2n) is 8.91. The second kappa shape index (κ2) is 10.4. The molecular weight excluding hydrogens is 485 g/mol. The number of hydrogen-bond donors (Lipinski definition) is 1. The molecule has 1 N–H and O–H groups in total. The number of benzene rings is 3. The van der Waals surface area contributed by atoms with Crippen molar-refractivity contribution < 1.29 is 19.0 Å². The molecule has 0 unspecified atom stereocenters. The largest absolute Gasteiger partial charge is 0.508 e. The maximum Gasteiger partial charge on any atom is 0.206 e. The van der Waals surface area contributed by atoms with Gasteiger partial charge in [-0.25, -0.2) is 0 Å². The molecule has 1 saturated heterocycles. The number of thiophene rings is 1. The van der Waals surface area contributed by atoms with Crippen molar-refractivity contribution in [2.24, 2.45) is 5.92 Å². The van der Waals surface area contributed by atoms with E-state index in [0.717, 1.165) is 42.6 Å². The lowest BCUT2D eigenvalue weighted by Gasteiger charge is -2.37. The van der Waals surface area contributed by atoms with E-state index in [1.807, 2.05) is 24.3 Å². The summed E-state index contributed by atoms with van der Waals surface area (Å²) >= 11 is 7.28. The van der Waals surface area contributed by atoms with Gasteiger partial charge in [-0.3, -0.25) is 9.18 Å². The normalized spacial score (nSPS) is 14.2. The van der Waals surface area contributed by atoms with Crippen LogP contribution in [0.25, 0.3) is 10.1 Å². The second-order valence-corrected chi connectivity index (χ2v) is 10.4. The maximum absolute atomic E-state index is 13.3. The number of ketones is 1. The van der Waals surface area contributed by atoms with Crippen LogP contribution in [-0.4, -0.2) is 42.1 Å². The smallest absolute Gasteiger partial charge is 0.206 e. The van der Waals surface area contributed by atoms with Gasteiger partial charge in [0.25, 0.3) is 0 Å². The standard InChI is InChI=1S/C28H25ClFNO3S/c29-21-7-5-20(6-8-21)26(33)28-27(24-12-9-22(32)14-25(24)35-28)34-23-10-3-18(4-11-23)2-1-13-31-16-19(15-30)17-31/h3-12,14,19,32H,1-2,13,15-17H2. The van der Waals surface area contributed by atoms with Crippen LogP contribution in [0.4, 0.5) is 4.39 Å². The molecule has 4 aromatic rings. The minimum absolute atomic E-state index is 0.138. The van der Waals surface area contributed by atoms with Gasteiger partial charge in [0.2, 0.25) is 5.78 Å². The fraction of sp³-hybridized carbons (Fsp3) is 0.250. The third-order valence-corrected chi connectivity index (χ3v) is 7.66. The molecule has 35 heavy (non-hydrogen) atoms. The van der Waals surface area contributed by atoms with Gasteiger partial charge in [0.15, 0.2) is 5.75 Å². The van der Waals surface area contributed by atoms with Gasteiger partial charge >= 0.3 is 0 Å². The molecule has 3 aromatic carbocycles. The van der Waals surface area contributed by atoms with Crippen LogP contribution < -0.4 is 4.74 Å². The van der Waals surface area contributed by atoms with Crippen molar-refractivity contribution >= 4 is 38.8 Å². The predicted octanol–water partition coefficient (Wildman–Crippen LogP) is 7.12. The lowest BCUT2D eigenvalue weighted by molar-refractivity contribution is 0.0801. The predicted molar refractivity (Wildman–Crippen MR) is 139 cm³/mol. The van der Waals surface area contributed by atoms with Gasteiger partial charge in [-0.1, -0.05) is 23.7 Å². The number of hydrogen-bond acceptors (Lipinski definition) is 5. The molecule has 0 radical (unpaired) electrons. The van der Waals surface area contributed by atoms with Crippen molar-refractivity contribution in [2.75, 3.05) is 26.3 Å². The van der Waals surface area contributed by atoms with Crippen molar-refractivity contribution in [3.63, 3.8) is 0 Å². The molecule has 7 heteroatoms. The Morgan fingerprint density at radius 1 is 1.09 bits per heavy atom. The van der Waals surface area contributed by atoms with Gasteiger partial charge in [-0.05, 0) is 79.5 Å². The fourth-order valence-electron chi connectivity index (χ4n) is 4.35. The molecule has 180 valence electrons. The van der Waals surface area contributed by atoms with Crippen LogP contribution in [0.5, 0.6) is 17.2 Å². The summed E-state index contributed by atoms with van der Waals surface area (Å²) in [6.45, 7) is 2.50. The number of alkyl halides is 1. The molecule has 1 aromatic heterocycles. The number of carbonyl (C=O) groups excluding carboxylic acids is 1. The van der Waals surface area contributed by atoms with E-state index in [1.54, 1.807) is 42.5 Å². The summed E-state index contributed by atoms with van der Waals surface area (Å²) in [5, 5.41) is 11.3. The number of carbonyl (C=O) groups is 1. The molecule has 1 aliphatic rings. The lowest BCUT2D eigenvalue weighted by atomic mass is 10.0. The number of fused-ring (bicyclic) bond motifs is 1. The zero-order chi connectivity index (χ0) is 24.4. The first-order valence-corrected chi connectivity index (χ1v) is 12.8. The van der Waals surface area contributed by atoms with Crippen molar-refractivity contribution in [3.05, 3.63) is 87.8 Å². The van der Waals surface area contributed by atoms with Gasteiger partial charge < -0.3 is 14.7 Å². The molecule has 4 nitrogen and oxygen atoms in total. The Balaban J connectivity index is 1.33. The van der Waals surface area contributed by atoms with Gasteiger partial charge in [-0.2, -0.15) is 0 Å². The van der Waals surface area contributed by atoms with Crippen LogP contribution in [0.2, 0.25) is 5.02 Å². The Morgan fingerprint density at radius 3 is 2.54 bits per heavy atom. The number of phenolic OH excluding ortho intramolecular Hbond substituents is 1. The maximum atomic E-state index is 13.3. The number of phenols is 1. The number of nitrogens with zero attached hydrogens (tertiary/aromatic N) is 1. The Morgan fingerprint density at radius 2 is 1.83 bits per heavy atom. The lowest BCUT2D eigenvalue weighted by Crippen LogP contribution is -2.47. The first-order valence-electron chi connectivity index (χ1n) is 11.6. The van der Waals surface area contributed by atoms with Crippen molar-refractivity contribution in [1.82, 2.24) is 4.90 Å². The number of rotatable bonds is 9. The summed E-state index contributed by atoms with van der Waals surface area (Å²) in [7, 11) is 0. The minimum Gasteiger partial charge on any atom is -0.508 e. The van der Waals surface area contributed by atoms with Gasteiger partial charge in [0.05, 0.1) is 6.67 Å². The summed E-state index contributed by atoms with van der Waals surface area (Å²) in [6, 6.07) is 19.7. The van der Waals surface area contributed by atoms with Crippen LogP contribution >= 0.6 is 22.9 Å². The van der Waals surface area contributed by atoms with Crippen LogP contribution in [0.3, 0.4) is 0 Å². The van der Waals surface area contributed by atoms with Gasteiger partial charge in [0.1, 0.15) is 16.4 Å². The zero-order valence-electron chi connectivity index (χ0n) is 19.0. The number of ether oxygens (including phenoxy) is 1. The van der Waals surface area contributed by atoms with E-state index in [4.69, 9.17) is 16.3 Å². The summed E-state index contributed by atoms with van der Waals surface area (Å²) in [6.07, 6.45) is 1.97. The summed E-state index contributed by atoms with van der Waals surface area (Å²) in [4.78, 5) is 16.1. The van der Waals surface area contributed by atoms with E-state index >= 15 is 0 Å². The highest BCUT2D eigenvalue weighted by atomic mass is 35.5. The third-order valence-electron chi connectivity index (χ3n) is 6.27. The fourth-order valence-corrected chi connectivity index (χ4v) is 5.60. The highest BCUT2D eigenvalue weighted by molar-refractivity contribution is 7.21. The number of aryl methyl sites for hydroxylation is 1. The van der Waals surface area contributed by atoms with Crippen LogP contribution in [-0.2, 0) is 6.42 Å². The summed E-state index contributed by atoms with van der Waals surface area (Å²) in [5.41, 5.74) is 1.72. The Bertz CT molecular complexity index is 1330. The minimum atomic E-state index is -0.217. The molecule has 0 spiro atoms. The molecule has 0 amide bonds. The molecular formula is C28H25ClFNO3S. The van der Waals surface area contributed by atoms with E-state index in [1.165, 1.54) is 16.9 Å². The average molecular weight is 510 g/mol. The van der Waals surface area contributed by atoms with E-state index in [-0.39, 0.29) is 24.1 Å². The molecule has 2 heterocycles. The molecule has 1 aliphatic heterocycles. The quantitative estimate of drug-likeness (QED) is 0.244. The van der Waals surface area contributed by atoms with Crippen LogP contribution in [0.15, 0.2) is 66.7 Å². The van der Waals surface area contributed by atoms with Crippen LogP contribution in [0, 0.1) is 5.92 Å². The van der Waals surface area contributed by atoms with E-state index in [9.17, 15) is 14.3 Å². The summed E-state index contributed by atoms with van der Waals surface area (Å²) < 4.78 is 19.6. The monoisotopic (exact) mass is 509 g/mol. The Kier molecular flexibility index (Phi) is 7.04. The molecule has 0 atom stereocenters. The highest BCUT2D eigenvalue weighted by Crippen LogP contribution is 2.42. The summed E-state index contributed by atoms with van der Waals surface area (Å²) in [5.74, 6) is 1.33. The first-order chi connectivity index (χ1) is 17.0. The Labute approximate surface area is 212 Å². The number of aromatic hydroxyl groups is 1. The van der Waals surface area contributed by atoms with Gasteiger partial charge in [-0.15, -0.1) is 11.3 Å². The van der Waals surface area contributed by atoms with Crippen LogP contribution in [0.1, 0.15) is 27.2 Å². The highest BCUT2D eigenvalue weighted by Gasteiger charge is 2.25. The molecule has 0 bridgehead atoms.